The summed E-state index contributed by atoms with van der Waals surface area (Å²) >= 11 is 0. The zero-order valence-corrected chi connectivity index (χ0v) is 25.9. The minimum absolute atomic E-state index is 0.135. The van der Waals surface area contributed by atoms with E-state index in [1.165, 1.54) is 36.6 Å². The molecule has 3 rings (SSSR count). The Morgan fingerprint density at radius 1 is 0.946 bits per heavy atom. The zero-order valence-electron chi connectivity index (χ0n) is 24.9. The van der Waals surface area contributed by atoms with Gasteiger partial charge in [-0.3, -0.25) is 0 Å². The molecule has 37 heavy (non-hydrogen) atoms. The van der Waals surface area contributed by atoms with Gasteiger partial charge in [0.2, 0.25) is 0 Å². The maximum absolute atomic E-state index is 12.2. The van der Waals surface area contributed by atoms with Crippen molar-refractivity contribution in [2.75, 3.05) is 13.7 Å². The van der Waals surface area contributed by atoms with Crippen LogP contribution >= 0.6 is 0 Å². The molecule has 3 nitrogen and oxygen atoms in total. The second-order valence-electron chi connectivity index (χ2n) is 13.5. The molecule has 0 N–H and O–H groups in total. The summed E-state index contributed by atoms with van der Waals surface area (Å²) in [6.07, 6.45) is 6.66. The number of carbonyl (C=O) groups is 1. The molecular formula is C33H48O3Si. The first-order valence-electron chi connectivity index (χ1n) is 13.7. The van der Waals surface area contributed by atoms with Crippen LogP contribution in [0.15, 0.2) is 48.5 Å². The van der Waals surface area contributed by atoms with Crippen LogP contribution < -0.4 is 0 Å². The predicted molar refractivity (Wildman–Crippen MR) is 159 cm³/mol. The maximum Gasteiger partial charge on any atom is 0.337 e. The van der Waals surface area contributed by atoms with Gasteiger partial charge >= 0.3 is 5.97 Å². The number of benzene rings is 2. The fourth-order valence-electron chi connectivity index (χ4n) is 4.90. The third-order valence-corrected chi connectivity index (χ3v) is 13.3. The van der Waals surface area contributed by atoms with Crippen LogP contribution in [0.4, 0.5) is 0 Å². The molecule has 0 atom stereocenters. The number of carbonyl (C=O) groups excluding carboxylic acids is 1. The maximum atomic E-state index is 12.2. The van der Waals surface area contributed by atoms with Gasteiger partial charge in [-0.15, -0.1) is 0 Å². The lowest BCUT2D eigenvalue weighted by Gasteiger charge is -2.42. The predicted octanol–water partition coefficient (Wildman–Crippen LogP) is 8.86. The molecule has 0 heterocycles. The lowest BCUT2D eigenvalue weighted by molar-refractivity contribution is 0.0600. The number of methoxy groups -OCH3 is 1. The van der Waals surface area contributed by atoms with Gasteiger partial charge in [0, 0.05) is 0 Å². The molecule has 0 spiro atoms. The molecule has 1 aliphatic carbocycles. The van der Waals surface area contributed by atoms with E-state index in [2.05, 4.69) is 91.9 Å². The Hall–Kier alpha value is -2.17. The molecule has 202 valence electrons. The third-order valence-electron chi connectivity index (χ3n) is 8.79. The van der Waals surface area contributed by atoms with Gasteiger partial charge in [-0.05, 0) is 94.6 Å². The quantitative estimate of drug-likeness (QED) is 0.257. The van der Waals surface area contributed by atoms with Crippen LogP contribution in [0.1, 0.15) is 100 Å². The number of allylic oxidation sites excluding steroid dienone is 1. The van der Waals surface area contributed by atoms with E-state index in [1.807, 2.05) is 12.1 Å². The van der Waals surface area contributed by atoms with Crippen LogP contribution in [0.25, 0.3) is 5.57 Å². The average Bonchev–Trinajstić information content (AvgIpc) is 2.83. The molecule has 0 aliphatic heterocycles. The van der Waals surface area contributed by atoms with Gasteiger partial charge in [-0.2, -0.15) is 0 Å². The highest BCUT2D eigenvalue weighted by Gasteiger charge is 2.38. The lowest BCUT2D eigenvalue weighted by Crippen LogP contribution is -2.41. The van der Waals surface area contributed by atoms with Crippen LogP contribution in [-0.2, 0) is 26.4 Å². The smallest absolute Gasteiger partial charge is 0.337 e. The lowest BCUT2D eigenvalue weighted by atomic mass is 9.63. The normalized spacial score (nSPS) is 17.3. The van der Waals surface area contributed by atoms with Crippen molar-refractivity contribution in [3.8, 4) is 0 Å². The summed E-state index contributed by atoms with van der Waals surface area (Å²) < 4.78 is 11.6. The van der Waals surface area contributed by atoms with Crippen molar-refractivity contribution in [1.82, 2.24) is 0 Å². The average molecular weight is 521 g/mol. The second kappa shape index (κ2) is 10.9. The largest absolute Gasteiger partial charge is 0.465 e. The van der Waals surface area contributed by atoms with Crippen molar-refractivity contribution in [3.63, 3.8) is 0 Å². The molecule has 0 saturated carbocycles. The van der Waals surface area contributed by atoms with Crippen molar-refractivity contribution in [1.29, 1.82) is 0 Å². The Morgan fingerprint density at radius 2 is 1.57 bits per heavy atom. The minimum atomic E-state index is -1.92. The minimum Gasteiger partial charge on any atom is -0.465 e. The molecule has 0 amide bonds. The molecule has 4 heteroatoms. The summed E-state index contributed by atoms with van der Waals surface area (Å²) in [4.78, 5) is 12.2. The van der Waals surface area contributed by atoms with Crippen molar-refractivity contribution in [2.45, 2.75) is 103 Å². The number of ether oxygens (including phenoxy) is 1. The summed E-state index contributed by atoms with van der Waals surface area (Å²) in [5.41, 5.74) is 7.58. The van der Waals surface area contributed by atoms with E-state index in [9.17, 15) is 4.79 Å². The van der Waals surface area contributed by atoms with Crippen molar-refractivity contribution < 1.29 is 14.0 Å². The molecule has 2 aromatic carbocycles. The van der Waals surface area contributed by atoms with E-state index in [1.54, 1.807) is 6.07 Å². The van der Waals surface area contributed by atoms with Crippen LogP contribution in [0.5, 0.6) is 0 Å². The number of esters is 1. The first kappa shape index (κ1) is 29.4. The topological polar surface area (TPSA) is 35.5 Å². The fourth-order valence-corrected chi connectivity index (χ4v) is 5.85. The van der Waals surface area contributed by atoms with Gasteiger partial charge in [0.05, 0.1) is 19.3 Å². The van der Waals surface area contributed by atoms with Crippen LogP contribution in [0, 0.1) is 0 Å². The second-order valence-corrected chi connectivity index (χ2v) is 18.3. The highest BCUT2D eigenvalue weighted by molar-refractivity contribution is 6.74. The van der Waals surface area contributed by atoms with Gasteiger partial charge in [0.25, 0.3) is 0 Å². The van der Waals surface area contributed by atoms with Crippen molar-refractivity contribution >= 4 is 19.9 Å². The Bertz CT molecular complexity index is 1150. The standard InChI is InChI=1S/C33H48O3Si/c1-31(2,3)37(9,10)36-23-27(25-14-12-15-26(22-25)30(34)35-8)16-11-13-24-17-18-28-29(21-24)33(6,7)20-19-32(28,4)5/h12,14-18,21-22H,11,13,19-20,23H2,1-10H3. The Balaban J connectivity index is 1.87. The third kappa shape index (κ3) is 6.83. The number of hydrogen-bond donors (Lipinski definition) is 0. The van der Waals surface area contributed by atoms with E-state index in [4.69, 9.17) is 9.16 Å². The number of aryl methyl sites for hydroxylation is 1. The number of fused-ring (bicyclic) bond motifs is 1. The SMILES string of the molecule is COC(=O)c1cccc(C(=CCCc2ccc3c(c2)C(C)(C)CCC3(C)C)CO[Si](C)(C)C(C)(C)C)c1. The summed E-state index contributed by atoms with van der Waals surface area (Å²) in [7, 11) is -0.501. The summed E-state index contributed by atoms with van der Waals surface area (Å²) in [5, 5.41) is 0.135. The Morgan fingerprint density at radius 3 is 2.19 bits per heavy atom. The molecule has 0 unspecified atom stereocenters. The monoisotopic (exact) mass is 520 g/mol. The molecular weight excluding hydrogens is 472 g/mol. The van der Waals surface area contributed by atoms with E-state index in [0.29, 0.717) is 12.2 Å². The highest BCUT2D eigenvalue weighted by Crippen LogP contribution is 2.46. The molecule has 0 radical (unpaired) electrons. The van der Waals surface area contributed by atoms with Crippen LogP contribution in [0.2, 0.25) is 18.1 Å². The molecule has 2 aromatic rings. The Labute approximate surface area is 226 Å². The van der Waals surface area contributed by atoms with Gasteiger partial charge in [0.15, 0.2) is 8.32 Å². The summed E-state index contributed by atoms with van der Waals surface area (Å²) in [5.74, 6) is -0.314. The summed E-state index contributed by atoms with van der Waals surface area (Å²) in [6, 6.07) is 14.9. The molecule has 0 fully saturated rings. The fraction of sp³-hybridized carbons (Fsp3) is 0.545. The van der Waals surface area contributed by atoms with E-state index < -0.39 is 8.32 Å². The molecule has 0 saturated heterocycles. The van der Waals surface area contributed by atoms with Crippen molar-refractivity contribution in [3.05, 3.63) is 76.4 Å². The zero-order chi connectivity index (χ0) is 27.6. The van der Waals surface area contributed by atoms with Gasteiger partial charge < -0.3 is 9.16 Å². The van der Waals surface area contributed by atoms with Crippen molar-refractivity contribution in [2.24, 2.45) is 0 Å². The van der Waals surface area contributed by atoms with Crippen LogP contribution in [-0.4, -0.2) is 28.0 Å². The molecule has 0 aromatic heterocycles. The number of rotatable bonds is 8. The first-order chi connectivity index (χ1) is 17.1. The summed E-state index contributed by atoms with van der Waals surface area (Å²) in [6.45, 7) is 21.4. The highest BCUT2D eigenvalue weighted by atomic mass is 28.4. The van der Waals surface area contributed by atoms with Gasteiger partial charge in [-0.1, -0.05) is 84.9 Å². The first-order valence-corrected chi connectivity index (χ1v) is 16.6. The number of hydrogen-bond acceptors (Lipinski definition) is 3. The van der Waals surface area contributed by atoms with E-state index in [0.717, 1.165) is 24.0 Å². The van der Waals surface area contributed by atoms with Gasteiger partial charge in [-0.25, -0.2) is 4.79 Å². The molecule has 0 bridgehead atoms. The van der Waals surface area contributed by atoms with Crippen LogP contribution in [0.3, 0.4) is 0 Å². The van der Waals surface area contributed by atoms with Gasteiger partial charge in [0.1, 0.15) is 0 Å². The van der Waals surface area contributed by atoms with E-state index >= 15 is 0 Å². The Kier molecular flexibility index (Phi) is 8.66. The van der Waals surface area contributed by atoms with E-state index in [-0.39, 0.29) is 21.8 Å². The molecule has 1 aliphatic rings.